The molecule has 1 aliphatic heterocycles. The van der Waals surface area contributed by atoms with E-state index in [-0.39, 0.29) is 46.8 Å². The van der Waals surface area contributed by atoms with Gasteiger partial charge in [0.15, 0.2) is 20.4 Å². The fourth-order valence-electron chi connectivity index (χ4n) is 5.12. The summed E-state index contributed by atoms with van der Waals surface area (Å²) in [5.41, 5.74) is 0. The van der Waals surface area contributed by atoms with Crippen LogP contribution in [0.2, 0.25) is 18.1 Å². The number of rotatable bonds is 17. The van der Waals surface area contributed by atoms with Crippen LogP contribution in [0, 0.1) is 17.8 Å². The largest absolute Gasteiger partial charge is 0.481 e. The quantitative estimate of drug-likeness (QED) is 0.0596. The van der Waals surface area contributed by atoms with E-state index in [1.54, 1.807) is 6.08 Å². The molecule has 0 amide bonds. The van der Waals surface area contributed by atoms with Gasteiger partial charge in [0.05, 0.1) is 6.10 Å². The van der Waals surface area contributed by atoms with Crippen LogP contribution in [0.3, 0.4) is 0 Å². The first-order chi connectivity index (χ1) is 18.8. The molecule has 0 bridgehead atoms. The van der Waals surface area contributed by atoms with Gasteiger partial charge in [-0.2, -0.15) is 0 Å². The van der Waals surface area contributed by atoms with E-state index in [4.69, 9.17) is 30.6 Å². The Labute approximate surface area is 249 Å². The first-order valence-corrected chi connectivity index (χ1v) is 18.8. The van der Waals surface area contributed by atoms with Crippen molar-refractivity contribution in [2.24, 2.45) is 17.8 Å². The van der Waals surface area contributed by atoms with Crippen molar-refractivity contribution in [3.05, 3.63) is 24.3 Å². The molecular weight excluding hydrogens is 544 g/mol. The smallest absolute Gasteiger partial charge is 0.303 e. The SMILES string of the molecule is C[C@H](CCCC(=O)C=C[C@@H]1[C@@H](CC=CCCCC(=O)O)[C@H](Cl)C[C@H]1OC1CCCCO1)CO[Si](C)(C)C(C)(C)C. The topological polar surface area (TPSA) is 82.1 Å². The predicted molar refractivity (Wildman–Crippen MR) is 165 cm³/mol. The number of carboxylic acid groups (broad SMARTS) is 1. The first-order valence-electron chi connectivity index (χ1n) is 15.4. The number of allylic oxidation sites excluding steroid dienone is 3. The van der Waals surface area contributed by atoms with Crippen molar-refractivity contribution in [1.82, 2.24) is 0 Å². The number of ketones is 1. The number of hydrogen-bond acceptors (Lipinski definition) is 5. The maximum absolute atomic E-state index is 12.8. The fraction of sp³-hybridized carbons (Fsp3) is 0.812. The minimum Gasteiger partial charge on any atom is -0.481 e. The van der Waals surface area contributed by atoms with Crippen LogP contribution >= 0.6 is 11.6 Å². The molecule has 0 aromatic carbocycles. The second-order valence-electron chi connectivity index (χ2n) is 13.4. The predicted octanol–water partition coefficient (Wildman–Crippen LogP) is 8.30. The fourth-order valence-corrected chi connectivity index (χ4v) is 6.70. The zero-order chi connectivity index (χ0) is 29.8. The van der Waals surface area contributed by atoms with Gasteiger partial charge in [-0.25, -0.2) is 0 Å². The van der Waals surface area contributed by atoms with Crippen LogP contribution in [0.5, 0.6) is 0 Å². The number of alkyl halides is 1. The highest BCUT2D eigenvalue weighted by Crippen LogP contribution is 2.42. The van der Waals surface area contributed by atoms with Gasteiger partial charge in [0, 0.05) is 37.4 Å². The van der Waals surface area contributed by atoms with E-state index in [1.165, 1.54) is 0 Å². The normalized spacial score (nSPS) is 27.0. The highest BCUT2D eigenvalue weighted by Gasteiger charge is 2.42. The van der Waals surface area contributed by atoms with Crippen molar-refractivity contribution in [2.75, 3.05) is 13.2 Å². The lowest BCUT2D eigenvalue weighted by Crippen LogP contribution is -2.41. The number of carbonyl (C=O) groups excluding carboxylic acids is 1. The molecule has 1 N–H and O–H groups in total. The maximum atomic E-state index is 12.8. The minimum absolute atomic E-state index is 0.0394. The minimum atomic E-state index is -1.75. The van der Waals surface area contributed by atoms with Crippen molar-refractivity contribution in [1.29, 1.82) is 0 Å². The number of aliphatic carboxylic acids is 1. The van der Waals surface area contributed by atoms with Crippen LogP contribution in [0.15, 0.2) is 24.3 Å². The van der Waals surface area contributed by atoms with Gasteiger partial charge in [-0.15, -0.1) is 11.6 Å². The molecule has 6 nitrogen and oxygen atoms in total. The van der Waals surface area contributed by atoms with Crippen molar-refractivity contribution in [3.8, 4) is 0 Å². The van der Waals surface area contributed by atoms with Gasteiger partial charge < -0.3 is 19.0 Å². The zero-order valence-electron chi connectivity index (χ0n) is 25.8. The number of unbranched alkanes of at least 4 members (excludes halogenated alkanes) is 1. The number of ether oxygens (including phenoxy) is 2. The lowest BCUT2D eigenvalue weighted by atomic mass is 9.90. The van der Waals surface area contributed by atoms with Crippen LogP contribution in [0.4, 0.5) is 0 Å². The van der Waals surface area contributed by atoms with E-state index in [0.717, 1.165) is 64.6 Å². The van der Waals surface area contributed by atoms with Gasteiger partial charge >= 0.3 is 5.97 Å². The lowest BCUT2D eigenvalue weighted by Gasteiger charge is -2.37. The zero-order valence-corrected chi connectivity index (χ0v) is 27.6. The number of carbonyl (C=O) groups is 2. The highest BCUT2D eigenvalue weighted by atomic mass is 35.5. The van der Waals surface area contributed by atoms with Gasteiger partial charge in [-0.05, 0) is 93.8 Å². The molecule has 2 rings (SSSR count). The Balaban J connectivity index is 1.91. The Morgan fingerprint density at radius 3 is 2.55 bits per heavy atom. The van der Waals surface area contributed by atoms with Gasteiger partial charge in [0.25, 0.3) is 0 Å². The lowest BCUT2D eigenvalue weighted by molar-refractivity contribution is -0.192. The number of carboxylic acids is 1. The average molecular weight is 599 g/mol. The van der Waals surface area contributed by atoms with Crippen molar-refractivity contribution < 1.29 is 28.6 Å². The molecule has 40 heavy (non-hydrogen) atoms. The third kappa shape index (κ3) is 12.5. The second-order valence-corrected chi connectivity index (χ2v) is 18.7. The molecule has 230 valence electrons. The van der Waals surface area contributed by atoms with E-state index in [1.807, 2.05) is 12.2 Å². The summed E-state index contributed by atoms with van der Waals surface area (Å²) < 4.78 is 18.6. The summed E-state index contributed by atoms with van der Waals surface area (Å²) in [5, 5.41) is 8.99. The van der Waals surface area contributed by atoms with Crippen molar-refractivity contribution in [2.45, 2.75) is 134 Å². The molecule has 1 unspecified atom stereocenters. The molecule has 0 aromatic heterocycles. The van der Waals surface area contributed by atoms with E-state index in [2.05, 4.69) is 46.9 Å². The molecule has 0 spiro atoms. The Bertz CT molecular complexity index is 830. The van der Waals surface area contributed by atoms with Crippen LogP contribution in [0.1, 0.15) is 98.3 Å². The van der Waals surface area contributed by atoms with E-state index in [0.29, 0.717) is 18.8 Å². The third-order valence-electron chi connectivity index (χ3n) is 8.81. The first kappa shape index (κ1) is 35.2. The summed E-state index contributed by atoms with van der Waals surface area (Å²) in [6.45, 7) is 15.0. The Morgan fingerprint density at radius 1 is 1.15 bits per heavy atom. The standard InChI is InChI=1S/C32H55ClO6Si/c1-24(23-38-40(5,6)32(2,3)4)14-13-15-25(34)19-20-27-26(16-9-7-8-10-17-30(35)36)28(33)22-29(27)39-31-18-11-12-21-37-31/h7,9,19-20,24,26-29,31H,8,10-18,21-23H2,1-6H3,(H,35,36)/t24-,26-,27-,28-,29-,31?/m1/s1. The van der Waals surface area contributed by atoms with Crippen molar-refractivity contribution >= 4 is 31.7 Å². The summed E-state index contributed by atoms with van der Waals surface area (Å²) in [7, 11) is -1.75. The molecule has 8 heteroatoms. The van der Waals surface area contributed by atoms with Crippen LogP contribution < -0.4 is 0 Å². The summed E-state index contributed by atoms with van der Waals surface area (Å²) in [5.74, 6) is 0.00249. The van der Waals surface area contributed by atoms with E-state index in [9.17, 15) is 9.59 Å². The summed E-state index contributed by atoms with van der Waals surface area (Å²) in [6, 6.07) is 0. The molecule has 1 saturated heterocycles. The number of hydrogen-bond donors (Lipinski definition) is 1. The van der Waals surface area contributed by atoms with Crippen LogP contribution in [-0.4, -0.2) is 56.2 Å². The molecule has 2 fully saturated rings. The van der Waals surface area contributed by atoms with E-state index < -0.39 is 14.3 Å². The molecule has 0 aromatic rings. The molecule has 6 atom stereocenters. The van der Waals surface area contributed by atoms with Gasteiger partial charge in [-0.1, -0.05) is 45.9 Å². The van der Waals surface area contributed by atoms with Crippen LogP contribution in [-0.2, 0) is 23.5 Å². The molecule has 0 radical (unpaired) electrons. The number of halogens is 1. The Morgan fingerprint density at radius 2 is 1.90 bits per heavy atom. The Kier molecular flexibility index (Phi) is 15.1. The summed E-state index contributed by atoms with van der Waals surface area (Å²) >= 11 is 6.83. The summed E-state index contributed by atoms with van der Waals surface area (Å²) in [6.07, 6.45) is 16.1. The monoisotopic (exact) mass is 598 g/mol. The molecule has 1 heterocycles. The molecular formula is C32H55ClO6Si. The molecule has 1 aliphatic carbocycles. The second kappa shape index (κ2) is 17.2. The van der Waals surface area contributed by atoms with Gasteiger partial charge in [0.2, 0.25) is 0 Å². The van der Waals surface area contributed by atoms with Crippen molar-refractivity contribution in [3.63, 3.8) is 0 Å². The maximum Gasteiger partial charge on any atom is 0.303 e. The molecule has 1 saturated carbocycles. The average Bonchev–Trinajstić information content (AvgIpc) is 3.16. The third-order valence-corrected chi connectivity index (χ3v) is 13.8. The van der Waals surface area contributed by atoms with E-state index >= 15 is 0 Å². The summed E-state index contributed by atoms with van der Waals surface area (Å²) in [4.78, 5) is 23.6. The highest BCUT2D eigenvalue weighted by molar-refractivity contribution is 6.74. The molecule has 2 aliphatic rings. The van der Waals surface area contributed by atoms with Crippen LogP contribution in [0.25, 0.3) is 0 Å². The van der Waals surface area contributed by atoms with Gasteiger partial charge in [0.1, 0.15) is 0 Å². The van der Waals surface area contributed by atoms with Gasteiger partial charge in [-0.3, -0.25) is 9.59 Å². The Hall–Kier alpha value is -0.993.